The lowest BCUT2D eigenvalue weighted by Gasteiger charge is -2.10. The molecule has 4 N–H and O–H groups in total. The molecule has 2 rings (SSSR count). The van der Waals surface area contributed by atoms with Gasteiger partial charge >= 0.3 is 0 Å². The zero-order valence-electron chi connectivity index (χ0n) is 9.54. The minimum Gasteiger partial charge on any atom is -0.337 e. The van der Waals surface area contributed by atoms with Gasteiger partial charge in [0.1, 0.15) is 22.4 Å². The second kappa shape index (κ2) is 5.28. The summed E-state index contributed by atoms with van der Waals surface area (Å²) in [5.41, 5.74) is 3.71. The van der Waals surface area contributed by atoms with Crippen molar-refractivity contribution in [3.05, 3.63) is 40.4 Å². The number of halogens is 2. The quantitative estimate of drug-likeness (QED) is 0.600. The molecule has 0 unspecified atom stereocenters. The molecule has 0 aliphatic carbocycles. The SMILES string of the molecule is Cc1ccc(F)c(Nc2ncnc(NN)c2Br)c1. The van der Waals surface area contributed by atoms with E-state index in [1.807, 2.05) is 6.92 Å². The normalized spacial score (nSPS) is 10.2. The second-order valence-corrected chi connectivity index (χ2v) is 4.43. The number of hydrogen-bond donors (Lipinski definition) is 3. The van der Waals surface area contributed by atoms with Gasteiger partial charge in [0.05, 0.1) is 5.69 Å². The number of nitrogens with two attached hydrogens (primary N) is 1. The molecule has 0 bridgehead atoms. The zero-order valence-corrected chi connectivity index (χ0v) is 11.1. The topological polar surface area (TPSA) is 75.9 Å². The highest BCUT2D eigenvalue weighted by Gasteiger charge is 2.10. The van der Waals surface area contributed by atoms with Gasteiger partial charge in [-0.3, -0.25) is 0 Å². The molecule has 1 heterocycles. The number of aryl methyl sites for hydroxylation is 1. The summed E-state index contributed by atoms with van der Waals surface area (Å²) in [4.78, 5) is 7.93. The van der Waals surface area contributed by atoms with Gasteiger partial charge in [-0.1, -0.05) is 6.07 Å². The number of nitrogens with zero attached hydrogens (tertiary/aromatic N) is 2. The lowest BCUT2D eigenvalue weighted by Crippen LogP contribution is -2.10. The van der Waals surface area contributed by atoms with Crippen molar-refractivity contribution in [3.63, 3.8) is 0 Å². The first kappa shape index (κ1) is 12.7. The van der Waals surface area contributed by atoms with Crippen LogP contribution in [0.4, 0.5) is 21.7 Å². The number of nitrogen functional groups attached to an aromatic ring is 1. The third kappa shape index (κ3) is 2.57. The van der Waals surface area contributed by atoms with Crippen LogP contribution in [0.15, 0.2) is 29.0 Å². The van der Waals surface area contributed by atoms with E-state index in [4.69, 9.17) is 5.84 Å². The molecule has 94 valence electrons. The molecule has 0 radical (unpaired) electrons. The van der Waals surface area contributed by atoms with Gasteiger partial charge in [-0.15, -0.1) is 0 Å². The molecular weight excluding hydrogens is 301 g/mol. The van der Waals surface area contributed by atoms with Crippen LogP contribution >= 0.6 is 15.9 Å². The highest BCUT2D eigenvalue weighted by Crippen LogP contribution is 2.29. The molecule has 0 fully saturated rings. The fourth-order valence-electron chi connectivity index (χ4n) is 1.42. The van der Waals surface area contributed by atoms with E-state index in [2.05, 4.69) is 36.6 Å². The molecule has 0 aliphatic rings. The summed E-state index contributed by atoms with van der Waals surface area (Å²) in [5.74, 6) is 5.79. The van der Waals surface area contributed by atoms with E-state index in [0.29, 0.717) is 21.8 Å². The Hall–Kier alpha value is -1.73. The standard InChI is InChI=1S/C11H11BrFN5/c1-6-2-3-7(13)8(4-6)17-10-9(12)11(18-14)16-5-15-10/h2-5H,14H2,1H3,(H2,15,16,17,18). The minimum atomic E-state index is -0.353. The van der Waals surface area contributed by atoms with Crippen LogP contribution in [0.25, 0.3) is 0 Å². The van der Waals surface area contributed by atoms with Gasteiger partial charge in [0.2, 0.25) is 0 Å². The van der Waals surface area contributed by atoms with Crippen molar-refractivity contribution >= 4 is 33.3 Å². The number of hydrogen-bond acceptors (Lipinski definition) is 5. The predicted molar refractivity (Wildman–Crippen MR) is 72.0 cm³/mol. The lowest BCUT2D eigenvalue weighted by molar-refractivity contribution is 0.631. The summed E-state index contributed by atoms with van der Waals surface area (Å²) in [6.45, 7) is 1.88. The van der Waals surface area contributed by atoms with Gasteiger partial charge < -0.3 is 10.7 Å². The number of benzene rings is 1. The lowest BCUT2D eigenvalue weighted by atomic mass is 10.2. The van der Waals surface area contributed by atoms with Crippen molar-refractivity contribution in [1.29, 1.82) is 0 Å². The maximum Gasteiger partial charge on any atom is 0.159 e. The van der Waals surface area contributed by atoms with Crippen molar-refractivity contribution in [2.24, 2.45) is 5.84 Å². The summed E-state index contributed by atoms with van der Waals surface area (Å²) >= 11 is 3.29. The Labute approximate surface area is 112 Å². The summed E-state index contributed by atoms with van der Waals surface area (Å²) in [6, 6.07) is 4.79. The van der Waals surface area contributed by atoms with Crippen molar-refractivity contribution in [2.75, 3.05) is 10.7 Å². The van der Waals surface area contributed by atoms with E-state index in [9.17, 15) is 4.39 Å². The molecule has 18 heavy (non-hydrogen) atoms. The molecular formula is C11H11BrFN5. The number of aromatic nitrogens is 2. The largest absolute Gasteiger partial charge is 0.337 e. The third-order valence-corrected chi connectivity index (χ3v) is 3.05. The van der Waals surface area contributed by atoms with E-state index in [-0.39, 0.29) is 5.82 Å². The average molecular weight is 312 g/mol. The summed E-state index contributed by atoms with van der Waals surface area (Å²) in [5, 5.41) is 2.89. The number of hydrazine groups is 1. The van der Waals surface area contributed by atoms with E-state index in [0.717, 1.165) is 5.56 Å². The Balaban J connectivity index is 2.37. The fraction of sp³-hybridized carbons (Fsp3) is 0.0909. The maximum absolute atomic E-state index is 13.6. The molecule has 2 aromatic rings. The zero-order chi connectivity index (χ0) is 13.1. The Morgan fingerprint density at radius 1 is 1.28 bits per heavy atom. The smallest absolute Gasteiger partial charge is 0.159 e. The number of rotatable bonds is 3. The molecule has 5 nitrogen and oxygen atoms in total. The van der Waals surface area contributed by atoms with Gasteiger partial charge in [0, 0.05) is 0 Å². The molecule has 0 amide bonds. The van der Waals surface area contributed by atoms with Crippen LogP contribution in [-0.2, 0) is 0 Å². The molecule has 1 aromatic carbocycles. The van der Waals surface area contributed by atoms with Gasteiger partial charge in [0.25, 0.3) is 0 Å². The Morgan fingerprint density at radius 3 is 2.72 bits per heavy atom. The van der Waals surface area contributed by atoms with E-state index in [1.165, 1.54) is 12.4 Å². The number of anilines is 3. The van der Waals surface area contributed by atoms with Gasteiger partial charge in [-0.25, -0.2) is 20.2 Å². The van der Waals surface area contributed by atoms with Crippen molar-refractivity contribution in [3.8, 4) is 0 Å². The Bertz CT molecular complexity index is 575. The van der Waals surface area contributed by atoms with Crippen LogP contribution in [0.5, 0.6) is 0 Å². The molecule has 0 atom stereocenters. The van der Waals surface area contributed by atoms with Crippen LogP contribution in [-0.4, -0.2) is 9.97 Å². The first-order chi connectivity index (χ1) is 8.61. The van der Waals surface area contributed by atoms with Gasteiger partial charge in [-0.05, 0) is 40.5 Å². The van der Waals surface area contributed by atoms with Crippen LogP contribution in [0.3, 0.4) is 0 Å². The van der Waals surface area contributed by atoms with Crippen LogP contribution < -0.4 is 16.6 Å². The van der Waals surface area contributed by atoms with Crippen LogP contribution in [0.1, 0.15) is 5.56 Å². The van der Waals surface area contributed by atoms with Crippen LogP contribution in [0, 0.1) is 12.7 Å². The van der Waals surface area contributed by atoms with Crippen molar-refractivity contribution in [2.45, 2.75) is 6.92 Å². The summed E-state index contributed by atoms with van der Waals surface area (Å²) in [6.07, 6.45) is 1.33. The first-order valence-corrected chi connectivity index (χ1v) is 5.91. The van der Waals surface area contributed by atoms with Gasteiger partial charge in [-0.2, -0.15) is 0 Å². The third-order valence-electron chi connectivity index (χ3n) is 2.30. The summed E-state index contributed by atoms with van der Waals surface area (Å²) < 4.78 is 14.1. The Kier molecular flexibility index (Phi) is 3.73. The fourth-order valence-corrected chi connectivity index (χ4v) is 1.84. The van der Waals surface area contributed by atoms with Crippen molar-refractivity contribution < 1.29 is 4.39 Å². The highest BCUT2D eigenvalue weighted by atomic mass is 79.9. The minimum absolute atomic E-state index is 0.345. The van der Waals surface area contributed by atoms with Crippen molar-refractivity contribution in [1.82, 2.24) is 9.97 Å². The predicted octanol–water partition coefficient (Wildman–Crippen LogP) is 2.72. The average Bonchev–Trinajstić information content (AvgIpc) is 2.36. The molecule has 0 aliphatic heterocycles. The monoisotopic (exact) mass is 311 g/mol. The molecule has 1 aromatic heterocycles. The van der Waals surface area contributed by atoms with E-state index in [1.54, 1.807) is 12.1 Å². The molecule has 0 saturated heterocycles. The highest BCUT2D eigenvalue weighted by molar-refractivity contribution is 9.10. The Morgan fingerprint density at radius 2 is 2.00 bits per heavy atom. The maximum atomic E-state index is 13.6. The summed E-state index contributed by atoms with van der Waals surface area (Å²) in [7, 11) is 0. The first-order valence-electron chi connectivity index (χ1n) is 5.12. The van der Waals surface area contributed by atoms with E-state index < -0.39 is 0 Å². The molecule has 0 saturated carbocycles. The van der Waals surface area contributed by atoms with E-state index >= 15 is 0 Å². The van der Waals surface area contributed by atoms with Crippen LogP contribution in [0.2, 0.25) is 0 Å². The molecule has 0 spiro atoms. The second-order valence-electron chi connectivity index (χ2n) is 3.64. The van der Waals surface area contributed by atoms with Gasteiger partial charge in [0.15, 0.2) is 5.82 Å². The molecule has 7 heteroatoms. The number of nitrogens with one attached hydrogen (secondary N) is 2.